The lowest BCUT2D eigenvalue weighted by Gasteiger charge is -2.45. The van der Waals surface area contributed by atoms with Crippen LogP contribution < -0.4 is 5.32 Å². The van der Waals surface area contributed by atoms with Crippen LogP contribution in [0, 0.1) is 0 Å². The van der Waals surface area contributed by atoms with Crippen molar-refractivity contribution in [1.82, 2.24) is 10.2 Å². The molecule has 1 atom stereocenters. The van der Waals surface area contributed by atoms with Crippen LogP contribution in [-0.4, -0.2) is 53.4 Å². The zero-order chi connectivity index (χ0) is 12.7. The third-order valence-electron chi connectivity index (χ3n) is 4.74. The first-order valence-corrected chi connectivity index (χ1v) is 9.29. The Kier molecular flexibility index (Phi) is 3.82. The van der Waals surface area contributed by atoms with Crippen LogP contribution in [0.4, 0.5) is 0 Å². The van der Waals surface area contributed by atoms with Crippen LogP contribution in [0.25, 0.3) is 0 Å². The second kappa shape index (κ2) is 4.75. The molecule has 0 aromatic carbocycles. The minimum atomic E-state index is 0.238. The molecule has 2 aliphatic rings. The average molecular weight is 258 g/mol. The first kappa shape index (κ1) is 13.7. The van der Waals surface area contributed by atoms with Crippen LogP contribution in [0.3, 0.4) is 0 Å². The largest absolute Gasteiger partial charge is 0.310 e. The van der Waals surface area contributed by atoms with Gasteiger partial charge in [0.05, 0.1) is 0 Å². The van der Waals surface area contributed by atoms with Gasteiger partial charge in [0.25, 0.3) is 0 Å². The zero-order valence-electron chi connectivity index (χ0n) is 12.2. The minimum absolute atomic E-state index is 0.238. The second-order valence-electron chi connectivity index (χ2n) is 7.14. The number of piperidine rings is 1. The molecule has 0 saturated carbocycles. The monoisotopic (exact) mass is 258 g/mol. The lowest BCUT2D eigenvalue weighted by molar-refractivity contribution is 0.0701. The highest BCUT2D eigenvalue weighted by Crippen LogP contribution is 2.40. The molecule has 0 aromatic heterocycles. The van der Waals surface area contributed by atoms with E-state index in [1.54, 1.807) is 0 Å². The first-order valence-electron chi connectivity index (χ1n) is 6.99. The van der Waals surface area contributed by atoms with Gasteiger partial charge in [-0.2, -0.15) is 0 Å². The summed E-state index contributed by atoms with van der Waals surface area (Å²) in [7, 11) is 0.238. The maximum Gasteiger partial charge on any atom is 0.0216 e. The summed E-state index contributed by atoms with van der Waals surface area (Å²) in [6.07, 6.45) is 9.01. The molecule has 1 unspecified atom stereocenters. The molecule has 2 saturated heterocycles. The summed E-state index contributed by atoms with van der Waals surface area (Å²) in [5.74, 6) is 0. The molecule has 1 N–H and O–H groups in total. The van der Waals surface area contributed by atoms with Gasteiger partial charge in [-0.3, -0.25) is 15.8 Å². The standard InChI is InChI=1S/C14H30N2S/c1-13(2,3)16-8-6-14(7-9-16)10-12(11-15-14)17(4)5/h12,15,17H,6-11H2,1-5H3. The summed E-state index contributed by atoms with van der Waals surface area (Å²) in [6.45, 7) is 10.8. The van der Waals surface area contributed by atoms with E-state index in [2.05, 4.69) is 43.5 Å². The van der Waals surface area contributed by atoms with E-state index in [-0.39, 0.29) is 10.9 Å². The molecule has 0 aromatic rings. The maximum atomic E-state index is 3.86. The van der Waals surface area contributed by atoms with Crippen molar-refractivity contribution >= 4 is 10.9 Å². The highest BCUT2D eigenvalue weighted by molar-refractivity contribution is 8.16. The third-order valence-corrected chi connectivity index (χ3v) is 6.56. The van der Waals surface area contributed by atoms with Crippen molar-refractivity contribution in [2.45, 2.75) is 56.4 Å². The van der Waals surface area contributed by atoms with Gasteiger partial charge in [-0.05, 0) is 52.5 Å². The van der Waals surface area contributed by atoms with E-state index in [4.69, 9.17) is 0 Å². The summed E-state index contributed by atoms with van der Waals surface area (Å²) < 4.78 is 0. The minimum Gasteiger partial charge on any atom is -0.310 e. The molecule has 0 bridgehead atoms. The van der Waals surface area contributed by atoms with E-state index in [9.17, 15) is 0 Å². The van der Waals surface area contributed by atoms with Gasteiger partial charge in [0.1, 0.15) is 0 Å². The molecule has 2 nitrogen and oxygen atoms in total. The van der Waals surface area contributed by atoms with E-state index >= 15 is 0 Å². The summed E-state index contributed by atoms with van der Waals surface area (Å²) in [5.41, 5.74) is 0.848. The summed E-state index contributed by atoms with van der Waals surface area (Å²) in [5, 5.41) is 4.83. The van der Waals surface area contributed by atoms with Crippen LogP contribution in [-0.2, 0) is 0 Å². The van der Waals surface area contributed by atoms with Crippen LogP contribution in [0.15, 0.2) is 0 Å². The van der Waals surface area contributed by atoms with Crippen molar-refractivity contribution in [2.24, 2.45) is 0 Å². The van der Waals surface area contributed by atoms with Crippen LogP contribution in [0.1, 0.15) is 40.0 Å². The molecule has 102 valence electrons. The van der Waals surface area contributed by atoms with E-state index in [0.717, 1.165) is 5.25 Å². The number of nitrogens with zero attached hydrogens (tertiary/aromatic N) is 1. The van der Waals surface area contributed by atoms with E-state index in [1.165, 1.54) is 38.9 Å². The van der Waals surface area contributed by atoms with Gasteiger partial charge in [0, 0.05) is 36.0 Å². The number of nitrogens with one attached hydrogen (secondary N) is 1. The normalized spacial score (nSPS) is 30.9. The van der Waals surface area contributed by atoms with Gasteiger partial charge in [-0.1, -0.05) is 0 Å². The molecule has 3 heteroatoms. The Morgan fingerprint density at radius 1 is 1.18 bits per heavy atom. The molecule has 2 aliphatic heterocycles. The summed E-state index contributed by atoms with van der Waals surface area (Å²) in [6, 6.07) is 0. The van der Waals surface area contributed by atoms with Crippen molar-refractivity contribution in [2.75, 3.05) is 32.1 Å². The van der Waals surface area contributed by atoms with E-state index < -0.39 is 0 Å². The molecule has 2 fully saturated rings. The van der Waals surface area contributed by atoms with Crippen LogP contribution in [0.5, 0.6) is 0 Å². The number of likely N-dealkylation sites (tertiary alicyclic amines) is 1. The SMILES string of the molecule is C[SH](C)C1CNC2(CCN(C(C)(C)C)CC2)C1. The Balaban J connectivity index is 1.91. The summed E-state index contributed by atoms with van der Waals surface area (Å²) >= 11 is 0. The smallest absolute Gasteiger partial charge is 0.0216 e. The predicted octanol–water partition coefficient (Wildman–Crippen LogP) is 2.24. The first-order chi connectivity index (χ1) is 7.82. The molecule has 0 radical (unpaired) electrons. The van der Waals surface area contributed by atoms with Gasteiger partial charge in [0.15, 0.2) is 0 Å². The Morgan fingerprint density at radius 2 is 1.76 bits per heavy atom. The average Bonchev–Trinajstić information content (AvgIpc) is 2.62. The van der Waals surface area contributed by atoms with Gasteiger partial charge in [-0.25, -0.2) is 0 Å². The molecule has 17 heavy (non-hydrogen) atoms. The van der Waals surface area contributed by atoms with Gasteiger partial charge in [-0.15, -0.1) is 0 Å². The second-order valence-corrected chi connectivity index (χ2v) is 9.80. The topological polar surface area (TPSA) is 15.3 Å². The molecular weight excluding hydrogens is 228 g/mol. The van der Waals surface area contributed by atoms with Crippen molar-refractivity contribution in [3.8, 4) is 0 Å². The third kappa shape index (κ3) is 2.99. The quantitative estimate of drug-likeness (QED) is 0.701. The van der Waals surface area contributed by atoms with E-state index in [1.807, 2.05) is 0 Å². The fourth-order valence-corrected chi connectivity index (χ4v) is 4.45. The molecule has 0 amide bonds. The number of hydrogen-bond acceptors (Lipinski definition) is 2. The van der Waals surface area contributed by atoms with Crippen LogP contribution >= 0.6 is 10.9 Å². The Hall–Kier alpha value is 0.270. The van der Waals surface area contributed by atoms with Gasteiger partial charge in [0.2, 0.25) is 0 Å². The molecular formula is C14H30N2S. The highest BCUT2D eigenvalue weighted by atomic mass is 32.2. The van der Waals surface area contributed by atoms with Crippen molar-refractivity contribution < 1.29 is 0 Å². The molecule has 1 spiro atoms. The van der Waals surface area contributed by atoms with Gasteiger partial charge < -0.3 is 5.32 Å². The predicted molar refractivity (Wildman–Crippen MR) is 80.5 cm³/mol. The Morgan fingerprint density at radius 3 is 2.18 bits per heavy atom. The number of rotatable bonds is 1. The number of thiol groups is 1. The molecule has 0 aliphatic carbocycles. The number of hydrogen-bond donors (Lipinski definition) is 2. The fraction of sp³-hybridized carbons (Fsp3) is 1.00. The van der Waals surface area contributed by atoms with Crippen molar-refractivity contribution in [3.63, 3.8) is 0 Å². The lowest BCUT2D eigenvalue weighted by atomic mass is 9.84. The van der Waals surface area contributed by atoms with Crippen molar-refractivity contribution in [3.05, 3.63) is 0 Å². The molecule has 2 rings (SSSR count). The summed E-state index contributed by atoms with van der Waals surface area (Å²) in [4.78, 5) is 2.65. The molecule has 2 heterocycles. The van der Waals surface area contributed by atoms with Crippen molar-refractivity contribution in [1.29, 1.82) is 0 Å². The van der Waals surface area contributed by atoms with Crippen LogP contribution in [0.2, 0.25) is 0 Å². The lowest BCUT2D eigenvalue weighted by Crippen LogP contribution is -2.54. The highest BCUT2D eigenvalue weighted by Gasteiger charge is 2.42. The maximum absolute atomic E-state index is 3.86. The van der Waals surface area contributed by atoms with Gasteiger partial charge >= 0.3 is 0 Å². The fourth-order valence-electron chi connectivity index (χ4n) is 3.28. The van der Waals surface area contributed by atoms with E-state index in [0.29, 0.717) is 11.1 Å². The Labute approximate surface area is 110 Å². The zero-order valence-corrected chi connectivity index (χ0v) is 13.1. The Bertz CT molecular complexity index is 262.